The molecule has 0 radical (unpaired) electrons. The quantitative estimate of drug-likeness (QED) is 0.453. The number of ether oxygens (including phenoxy) is 1. The van der Waals surface area contributed by atoms with Gasteiger partial charge in [-0.1, -0.05) is 43.7 Å². The molecule has 0 aromatic heterocycles. The first-order valence-corrected chi connectivity index (χ1v) is 4.55. The van der Waals surface area contributed by atoms with Gasteiger partial charge in [0.2, 0.25) is 0 Å². The Morgan fingerprint density at radius 1 is 1.23 bits per heavy atom. The molecule has 0 N–H and O–H groups in total. The minimum absolute atomic E-state index is 0. The van der Waals surface area contributed by atoms with Gasteiger partial charge in [0, 0.05) is 6.61 Å². The molecule has 1 aromatic carbocycles. The van der Waals surface area contributed by atoms with Gasteiger partial charge in [0.15, 0.2) is 0 Å². The van der Waals surface area contributed by atoms with E-state index in [1.54, 1.807) is 0 Å². The molecule has 0 saturated heterocycles. The first kappa shape index (κ1) is 12.8. The van der Waals surface area contributed by atoms with Crippen LogP contribution in [0, 0.1) is 0 Å². The maximum atomic E-state index is 5.46. The van der Waals surface area contributed by atoms with Gasteiger partial charge in [0.05, 0.1) is 6.61 Å². The molecule has 0 heterocycles. The SMILES string of the molecule is CCCCOCc1ccccc1.[H-].[Li+]. The Balaban J connectivity index is 0. The standard InChI is InChI=1S/C11H16O.Li.H/c1-2-3-9-12-10-11-7-5-4-6-8-11;;/h4-8H,2-3,9-10H2,1H3;;/q;+1;-1. The summed E-state index contributed by atoms with van der Waals surface area (Å²) in [5.74, 6) is 0. The predicted molar refractivity (Wildman–Crippen MR) is 52.1 cm³/mol. The molecule has 0 aliphatic rings. The molecular formula is C11H17LiO. The first-order valence-electron chi connectivity index (χ1n) is 4.55. The van der Waals surface area contributed by atoms with E-state index in [1.165, 1.54) is 12.0 Å². The van der Waals surface area contributed by atoms with E-state index in [1.807, 2.05) is 18.2 Å². The van der Waals surface area contributed by atoms with E-state index in [0.717, 1.165) is 19.6 Å². The minimum atomic E-state index is 0. The second-order valence-electron chi connectivity index (χ2n) is 2.89. The van der Waals surface area contributed by atoms with Crippen LogP contribution in [0.2, 0.25) is 0 Å². The Bertz CT molecular complexity index is 204. The molecule has 0 fully saturated rings. The van der Waals surface area contributed by atoms with Gasteiger partial charge in [-0.2, -0.15) is 0 Å². The van der Waals surface area contributed by atoms with Crippen LogP contribution in [0.4, 0.5) is 0 Å². The van der Waals surface area contributed by atoms with Crippen molar-refractivity contribution in [2.45, 2.75) is 26.4 Å². The van der Waals surface area contributed by atoms with Crippen LogP contribution in [-0.2, 0) is 11.3 Å². The van der Waals surface area contributed by atoms with Crippen molar-refractivity contribution in [1.29, 1.82) is 0 Å². The fourth-order valence-corrected chi connectivity index (χ4v) is 1.01. The van der Waals surface area contributed by atoms with E-state index in [2.05, 4.69) is 19.1 Å². The zero-order chi connectivity index (χ0) is 8.65. The summed E-state index contributed by atoms with van der Waals surface area (Å²) in [7, 11) is 0. The Labute approximate surface area is 94.2 Å². The van der Waals surface area contributed by atoms with Crippen LogP contribution < -0.4 is 18.9 Å². The van der Waals surface area contributed by atoms with Crippen LogP contribution in [0.1, 0.15) is 26.8 Å². The maximum absolute atomic E-state index is 5.46. The molecule has 0 atom stereocenters. The third kappa shape index (κ3) is 5.93. The summed E-state index contributed by atoms with van der Waals surface area (Å²) in [5.41, 5.74) is 1.26. The summed E-state index contributed by atoms with van der Waals surface area (Å²) in [6, 6.07) is 10.3. The molecule has 0 unspecified atom stereocenters. The predicted octanol–water partition coefficient (Wildman–Crippen LogP) is 0.120. The van der Waals surface area contributed by atoms with Crippen molar-refractivity contribution in [3.05, 3.63) is 35.9 Å². The van der Waals surface area contributed by atoms with Crippen LogP contribution in [0.25, 0.3) is 0 Å². The second kappa shape index (κ2) is 8.38. The summed E-state index contributed by atoms with van der Waals surface area (Å²) in [6.45, 7) is 3.80. The van der Waals surface area contributed by atoms with E-state index >= 15 is 0 Å². The van der Waals surface area contributed by atoms with E-state index < -0.39 is 0 Å². The molecule has 0 spiro atoms. The molecule has 0 bridgehead atoms. The molecule has 1 nitrogen and oxygen atoms in total. The zero-order valence-corrected chi connectivity index (χ0v) is 8.62. The molecule has 1 rings (SSSR count). The molecule has 68 valence electrons. The molecule has 0 aliphatic heterocycles. The van der Waals surface area contributed by atoms with Crippen molar-refractivity contribution in [2.24, 2.45) is 0 Å². The van der Waals surface area contributed by atoms with Crippen molar-refractivity contribution in [2.75, 3.05) is 6.61 Å². The van der Waals surface area contributed by atoms with Gasteiger partial charge >= 0.3 is 18.9 Å². The Morgan fingerprint density at radius 3 is 2.54 bits per heavy atom. The summed E-state index contributed by atoms with van der Waals surface area (Å²) in [6.07, 6.45) is 2.36. The van der Waals surface area contributed by atoms with Gasteiger partial charge in [-0.25, -0.2) is 0 Å². The summed E-state index contributed by atoms with van der Waals surface area (Å²) in [5, 5.41) is 0. The number of benzene rings is 1. The zero-order valence-electron chi connectivity index (χ0n) is 9.62. The fraction of sp³-hybridized carbons (Fsp3) is 0.455. The van der Waals surface area contributed by atoms with Crippen LogP contribution in [0.5, 0.6) is 0 Å². The molecule has 0 amide bonds. The third-order valence-electron chi connectivity index (χ3n) is 1.75. The molecule has 13 heavy (non-hydrogen) atoms. The smallest absolute Gasteiger partial charge is 1.00 e. The molecular weight excluding hydrogens is 155 g/mol. The third-order valence-corrected chi connectivity index (χ3v) is 1.75. The van der Waals surface area contributed by atoms with Crippen LogP contribution >= 0.6 is 0 Å². The van der Waals surface area contributed by atoms with E-state index in [-0.39, 0.29) is 20.3 Å². The van der Waals surface area contributed by atoms with Crippen molar-refractivity contribution in [3.63, 3.8) is 0 Å². The normalized spacial score (nSPS) is 9.31. The number of hydrogen-bond donors (Lipinski definition) is 0. The van der Waals surface area contributed by atoms with Gasteiger partial charge < -0.3 is 6.16 Å². The first-order chi connectivity index (χ1) is 5.93. The monoisotopic (exact) mass is 172 g/mol. The number of rotatable bonds is 5. The van der Waals surface area contributed by atoms with E-state index in [9.17, 15) is 0 Å². The van der Waals surface area contributed by atoms with E-state index in [0.29, 0.717) is 0 Å². The second-order valence-corrected chi connectivity index (χ2v) is 2.89. The molecule has 1 aromatic rings. The van der Waals surface area contributed by atoms with Crippen molar-refractivity contribution >= 4 is 0 Å². The summed E-state index contributed by atoms with van der Waals surface area (Å²) < 4.78 is 5.46. The summed E-state index contributed by atoms with van der Waals surface area (Å²) in [4.78, 5) is 0. The average Bonchev–Trinajstić information content (AvgIpc) is 2.14. The van der Waals surface area contributed by atoms with Crippen molar-refractivity contribution < 1.29 is 25.0 Å². The number of hydrogen-bond acceptors (Lipinski definition) is 1. The Morgan fingerprint density at radius 2 is 1.92 bits per heavy atom. The maximum Gasteiger partial charge on any atom is 1.00 e. The molecule has 0 saturated carbocycles. The van der Waals surface area contributed by atoms with Crippen LogP contribution in [0.15, 0.2) is 30.3 Å². The van der Waals surface area contributed by atoms with Crippen LogP contribution in [-0.4, -0.2) is 6.61 Å². The van der Waals surface area contributed by atoms with Gasteiger partial charge in [0.1, 0.15) is 0 Å². The van der Waals surface area contributed by atoms with Gasteiger partial charge in [-0.05, 0) is 12.0 Å². The van der Waals surface area contributed by atoms with Crippen molar-refractivity contribution in [3.8, 4) is 0 Å². The largest absolute Gasteiger partial charge is 1.00 e. The summed E-state index contributed by atoms with van der Waals surface area (Å²) >= 11 is 0. The number of unbranched alkanes of at least 4 members (excludes halogenated alkanes) is 1. The van der Waals surface area contributed by atoms with Crippen LogP contribution in [0.3, 0.4) is 0 Å². The average molecular weight is 172 g/mol. The van der Waals surface area contributed by atoms with E-state index in [4.69, 9.17) is 4.74 Å². The van der Waals surface area contributed by atoms with Gasteiger partial charge in [-0.15, -0.1) is 0 Å². The van der Waals surface area contributed by atoms with Crippen molar-refractivity contribution in [1.82, 2.24) is 0 Å². The van der Waals surface area contributed by atoms with Gasteiger partial charge in [-0.3, -0.25) is 0 Å². The minimum Gasteiger partial charge on any atom is -1.00 e. The molecule has 0 aliphatic carbocycles. The Kier molecular flexibility index (Phi) is 8.24. The topological polar surface area (TPSA) is 9.23 Å². The fourth-order valence-electron chi connectivity index (χ4n) is 1.01. The Hall–Kier alpha value is -0.223. The van der Waals surface area contributed by atoms with Gasteiger partial charge in [0.25, 0.3) is 0 Å². The molecule has 2 heteroatoms.